The number of ether oxygens (including phenoxy) is 2. The molecule has 5 heteroatoms. The van der Waals surface area contributed by atoms with Crippen LogP contribution in [0.5, 0.6) is 0 Å². The van der Waals surface area contributed by atoms with Crippen LogP contribution in [-0.2, 0) is 14.3 Å². The largest absolute Gasteiger partial charge is 0.471 e. The van der Waals surface area contributed by atoms with E-state index in [0.29, 0.717) is 0 Å². The second kappa shape index (κ2) is 5.15. The molecular formula is C4H5BO4. The van der Waals surface area contributed by atoms with Crippen LogP contribution in [0.3, 0.4) is 0 Å². The molecule has 0 bridgehead atoms. The quantitative estimate of drug-likeness (QED) is 0.290. The second-order valence-corrected chi connectivity index (χ2v) is 1.13. The van der Waals surface area contributed by atoms with Gasteiger partial charge in [0.25, 0.3) is 6.47 Å². The molecule has 0 atom stereocenters. The minimum absolute atomic E-state index is 0.00801. The van der Waals surface area contributed by atoms with Crippen molar-refractivity contribution in [3.63, 3.8) is 0 Å². The Morgan fingerprint density at radius 1 is 1.56 bits per heavy atom. The van der Waals surface area contributed by atoms with Crippen LogP contribution in [0, 0.1) is 0 Å². The first-order valence-electron chi connectivity index (χ1n) is 2.25. The van der Waals surface area contributed by atoms with Crippen molar-refractivity contribution < 1.29 is 19.1 Å². The fraction of sp³-hybridized carbons (Fsp3) is 0.500. The summed E-state index contributed by atoms with van der Waals surface area (Å²) >= 11 is 0. The highest BCUT2D eigenvalue weighted by molar-refractivity contribution is 6.55. The van der Waals surface area contributed by atoms with Gasteiger partial charge in [-0.15, -0.1) is 0 Å². The van der Waals surface area contributed by atoms with Crippen molar-refractivity contribution in [1.29, 1.82) is 0 Å². The molecule has 0 spiro atoms. The van der Waals surface area contributed by atoms with E-state index in [1.807, 2.05) is 0 Å². The zero-order chi connectivity index (χ0) is 7.11. The first kappa shape index (κ1) is 8.00. The summed E-state index contributed by atoms with van der Waals surface area (Å²) < 4.78 is 8.37. The second-order valence-electron chi connectivity index (χ2n) is 1.13. The maximum Gasteiger partial charge on any atom is 0.293 e. The molecule has 0 aromatic rings. The fourth-order valence-corrected chi connectivity index (χ4v) is 0.238. The van der Waals surface area contributed by atoms with E-state index < -0.39 is 5.87 Å². The SMILES string of the molecule is [B]C(=O)OCCOC=O. The van der Waals surface area contributed by atoms with E-state index in [-0.39, 0.29) is 19.7 Å². The molecule has 0 heterocycles. The van der Waals surface area contributed by atoms with Gasteiger partial charge in [-0.1, -0.05) is 0 Å². The highest BCUT2D eigenvalue weighted by Gasteiger charge is 1.89. The molecule has 0 saturated carbocycles. The van der Waals surface area contributed by atoms with Crippen molar-refractivity contribution in [2.24, 2.45) is 0 Å². The van der Waals surface area contributed by atoms with Crippen molar-refractivity contribution in [2.45, 2.75) is 0 Å². The number of hydrogen-bond acceptors (Lipinski definition) is 4. The lowest BCUT2D eigenvalue weighted by atomic mass is 10.2. The molecule has 0 aromatic carbocycles. The predicted molar refractivity (Wildman–Crippen MR) is 29.1 cm³/mol. The first-order chi connectivity index (χ1) is 4.27. The van der Waals surface area contributed by atoms with Crippen LogP contribution in [0.1, 0.15) is 0 Å². The first-order valence-corrected chi connectivity index (χ1v) is 2.25. The van der Waals surface area contributed by atoms with Crippen LogP contribution in [0.2, 0.25) is 0 Å². The van der Waals surface area contributed by atoms with Gasteiger partial charge >= 0.3 is 0 Å². The summed E-state index contributed by atoms with van der Waals surface area (Å²) in [5.74, 6) is -0.871. The van der Waals surface area contributed by atoms with Crippen LogP contribution in [0.25, 0.3) is 0 Å². The summed E-state index contributed by atoms with van der Waals surface area (Å²) in [7, 11) is 4.57. The van der Waals surface area contributed by atoms with Gasteiger partial charge in [0.05, 0.1) is 0 Å². The third-order valence-electron chi connectivity index (χ3n) is 0.514. The van der Waals surface area contributed by atoms with E-state index in [1.54, 1.807) is 0 Å². The Hall–Kier alpha value is -0.995. The Balaban J connectivity index is 2.91. The van der Waals surface area contributed by atoms with Gasteiger partial charge in [-0.2, -0.15) is 0 Å². The zero-order valence-corrected chi connectivity index (χ0v) is 4.70. The summed E-state index contributed by atoms with van der Waals surface area (Å²) in [4.78, 5) is 19.3. The topological polar surface area (TPSA) is 52.6 Å². The molecule has 0 fully saturated rings. The molecule has 0 N–H and O–H groups in total. The molecule has 0 aromatic heterocycles. The van der Waals surface area contributed by atoms with Gasteiger partial charge < -0.3 is 9.47 Å². The molecule has 2 radical (unpaired) electrons. The summed E-state index contributed by atoms with van der Waals surface area (Å²) in [6, 6.07) is 0. The maximum absolute atomic E-state index is 9.82. The van der Waals surface area contributed by atoms with E-state index in [9.17, 15) is 9.59 Å². The Labute approximate surface area is 53.5 Å². The van der Waals surface area contributed by atoms with Crippen molar-refractivity contribution >= 4 is 20.2 Å². The van der Waals surface area contributed by atoms with Crippen molar-refractivity contribution in [2.75, 3.05) is 13.2 Å². The molecule has 0 aliphatic carbocycles. The zero-order valence-electron chi connectivity index (χ0n) is 4.70. The van der Waals surface area contributed by atoms with Crippen LogP contribution < -0.4 is 0 Å². The van der Waals surface area contributed by atoms with Crippen molar-refractivity contribution in [3.05, 3.63) is 0 Å². The molecule has 0 amide bonds. The highest BCUT2D eigenvalue weighted by Crippen LogP contribution is 1.75. The van der Waals surface area contributed by atoms with E-state index in [0.717, 1.165) is 0 Å². The molecule has 0 aliphatic heterocycles. The van der Waals surface area contributed by atoms with Crippen LogP contribution in [0.15, 0.2) is 0 Å². The molecule has 4 nitrogen and oxygen atoms in total. The van der Waals surface area contributed by atoms with Crippen molar-refractivity contribution in [1.82, 2.24) is 0 Å². The van der Waals surface area contributed by atoms with Crippen molar-refractivity contribution in [3.8, 4) is 0 Å². The monoisotopic (exact) mass is 128 g/mol. The summed E-state index contributed by atoms with van der Waals surface area (Å²) in [6.45, 7) is 0.324. The third-order valence-corrected chi connectivity index (χ3v) is 0.514. The summed E-state index contributed by atoms with van der Waals surface area (Å²) in [6.07, 6.45) is 0. The number of rotatable bonds is 4. The van der Waals surface area contributed by atoms with E-state index in [4.69, 9.17) is 0 Å². The number of carbonyl (C=O) groups is 2. The van der Waals surface area contributed by atoms with Gasteiger partial charge in [0.1, 0.15) is 13.2 Å². The lowest BCUT2D eigenvalue weighted by Gasteiger charge is -1.98. The van der Waals surface area contributed by atoms with Gasteiger partial charge in [0.2, 0.25) is 13.7 Å². The fourth-order valence-electron chi connectivity index (χ4n) is 0.238. The van der Waals surface area contributed by atoms with E-state index >= 15 is 0 Å². The van der Waals surface area contributed by atoms with Crippen LogP contribution in [-0.4, -0.2) is 33.4 Å². The molecular weight excluding hydrogens is 123 g/mol. The maximum atomic E-state index is 9.82. The average Bonchev–Trinajstić information content (AvgIpc) is 1.80. The van der Waals surface area contributed by atoms with Gasteiger partial charge in [0, 0.05) is 0 Å². The lowest BCUT2D eigenvalue weighted by molar-refractivity contribution is -0.129. The Bertz CT molecular complexity index is 103. The van der Waals surface area contributed by atoms with Gasteiger partial charge in [0.15, 0.2) is 0 Å². The number of hydrogen-bond donors (Lipinski definition) is 0. The highest BCUT2D eigenvalue weighted by atomic mass is 16.6. The molecule has 0 saturated heterocycles. The third kappa shape index (κ3) is 7.00. The minimum Gasteiger partial charge on any atom is -0.471 e. The van der Waals surface area contributed by atoms with Gasteiger partial charge in [-0.25, -0.2) is 0 Å². The minimum atomic E-state index is -0.871. The average molecular weight is 128 g/mol. The standard InChI is InChI=1S/C4H5BO4/c5-4(7)9-2-1-8-3-6/h3H,1-2H2. The van der Waals surface area contributed by atoms with Gasteiger partial charge in [-0.3, -0.25) is 9.59 Å². The molecule has 0 rings (SSSR count). The Morgan fingerprint density at radius 2 is 2.22 bits per heavy atom. The Morgan fingerprint density at radius 3 is 2.67 bits per heavy atom. The lowest BCUT2D eigenvalue weighted by Crippen LogP contribution is -2.07. The predicted octanol–water partition coefficient (Wildman–Crippen LogP) is -0.536. The molecule has 0 unspecified atom stereocenters. The van der Waals surface area contributed by atoms with Crippen LogP contribution in [0.4, 0.5) is 4.79 Å². The number of carbonyl (C=O) groups excluding carboxylic acids is 2. The molecule has 9 heavy (non-hydrogen) atoms. The Kier molecular flexibility index (Phi) is 4.58. The smallest absolute Gasteiger partial charge is 0.293 e. The van der Waals surface area contributed by atoms with Crippen LogP contribution >= 0.6 is 0 Å². The summed E-state index contributed by atoms with van der Waals surface area (Å²) in [5, 5.41) is 0. The van der Waals surface area contributed by atoms with E-state index in [1.165, 1.54) is 0 Å². The molecule has 0 aliphatic rings. The summed E-state index contributed by atoms with van der Waals surface area (Å²) in [5.41, 5.74) is 0. The molecule has 48 valence electrons. The van der Waals surface area contributed by atoms with E-state index in [2.05, 4.69) is 17.3 Å². The normalized spacial score (nSPS) is 8.00. The van der Waals surface area contributed by atoms with Gasteiger partial charge in [-0.05, 0) is 0 Å².